The predicted octanol–water partition coefficient (Wildman–Crippen LogP) is 3.17. The van der Waals surface area contributed by atoms with E-state index >= 15 is 0 Å². The van der Waals surface area contributed by atoms with Gasteiger partial charge in [0, 0.05) is 19.5 Å². The van der Waals surface area contributed by atoms with Crippen molar-refractivity contribution in [3.8, 4) is 0 Å². The number of hydrogen-bond donors (Lipinski definition) is 0. The van der Waals surface area contributed by atoms with Crippen molar-refractivity contribution in [2.45, 2.75) is 64.5 Å². The Bertz CT molecular complexity index is 808. The topological polar surface area (TPSA) is 51.0 Å². The lowest BCUT2D eigenvalue weighted by Crippen LogP contribution is -2.39. The molecule has 0 radical (unpaired) electrons. The Labute approximate surface area is 149 Å². The third-order valence-electron chi connectivity index (χ3n) is 5.96. The van der Waals surface area contributed by atoms with Crippen LogP contribution in [0.1, 0.15) is 61.8 Å². The summed E-state index contributed by atoms with van der Waals surface area (Å²) in [6.45, 7) is 8.72. The van der Waals surface area contributed by atoms with Crippen molar-refractivity contribution in [2.24, 2.45) is 0 Å². The number of carbonyl (C=O) groups is 1. The maximum absolute atomic E-state index is 12.9. The second-order valence-electron chi connectivity index (χ2n) is 8.04. The van der Waals surface area contributed by atoms with E-state index < -0.39 is 0 Å². The first kappa shape index (κ1) is 16.3. The molecular formula is C20H26N4O. The fourth-order valence-electron chi connectivity index (χ4n) is 4.36. The first-order valence-corrected chi connectivity index (χ1v) is 9.21. The van der Waals surface area contributed by atoms with E-state index in [1.165, 1.54) is 11.1 Å². The largest absolute Gasteiger partial charge is 0.333 e. The van der Waals surface area contributed by atoms with E-state index in [1.807, 2.05) is 11.8 Å². The number of rotatable bonds is 2. The molecule has 1 aromatic heterocycles. The Balaban J connectivity index is 1.50. The Morgan fingerprint density at radius 1 is 1.24 bits per heavy atom. The normalized spacial score (nSPS) is 21.6. The van der Waals surface area contributed by atoms with Gasteiger partial charge in [-0.1, -0.05) is 38.1 Å². The fourth-order valence-corrected chi connectivity index (χ4v) is 4.36. The van der Waals surface area contributed by atoms with Gasteiger partial charge in [-0.05, 0) is 42.2 Å². The first-order chi connectivity index (χ1) is 12.0. The zero-order valence-corrected chi connectivity index (χ0v) is 15.3. The average molecular weight is 338 g/mol. The zero-order chi connectivity index (χ0) is 17.6. The summed E-state index contributed by atoms with van der Waals surface area (Å²) >= 11 is 0. The SMILES string of the molecule is Cc1nnc2n1CCN(C(=O)C[C@@H]1CCC(C)(C)c3ccccc31)C2. The van der Waals surface area contributed by atoms with Crippen LogP contribution in [0.4, 0.5) is 0 Å². The predicted molar refractivity (Wildman–Crippen MR) is 96.2 cm³/mol. The third-order valence-corrected chi connectivity index (χ3v) is 5.96. The molecule has 4 rings (SSSR count). The van der Waals surface area contributed by atoms with Gasteiger partial charge < -0.3 is 9.47 Å². The molecule has 25 heavy (non-hydrogen) atoms. The van der Waals surface area contributed by atoms with Crippen molar-refractivity contribution in [1.29, 1.82) is 0 Å². The van der Waals surface area contributed by atoms with Crippen LogP contribution in [-0.2, 0) is 23.3 Å². The first-order valence-electron chi connectivity index (χ1n) is 9.21. The molecule has 0 fully saturated rings. The second kappa shape index (κ2) is 5.97. The van der Waals surface area contributed by atoms with E-state index in [4.69, 9.17) is 0 Å². The summed E-state index contributed by atoms with van der Waals surface area (Å²) in [4.78, 5) is 14.9. The highest BCUT2D eigenvalue weighted by molar-refractivity contribution is 5.77. The van der Waals surface area contributed by atoms with E-state index in [2.05, 4.69) is 52.9 Å². The standard InChI is InChI=1S/C20H26N4O/c1-14-21-22-18-13-23(10-11-24(14)18)19(25)12-15-8-9-20(2,3)17-7-5-4-6-16(15)17/h4-7,15H,8-13H2,1-3H3/t15-/m0/s1. The van der Waals surface area contributed by atoms with Gasteiger partial charge in [0.15, 0.2) is 5.82 Å². The van der Waals surface area contributed by atoms with Crippen molar-refractivity contribution in [1.82, 2.24) is 19.7 Å². The molecule has 5 heteroatoms. The van der Waals surface area contributed by atoms with E-state index in [-0.39, 0.29) is 11.3 Å². The smallest absolute Gasteiger partial charge is 0.223 e. The average Bonchev–Trinajstić information content (AvgIpc) is 2.98. The van der Waals surface area contributed by atoms with Gasteiger partial charge in [-0.25, -0.2) is 0 Å². The lowest BCUT2D eigenvalue weighted by Gasteiger charge is -2.38. The molecule has 0 N–H and O–H groups in total. The quantitative estimate of drug-likeness (QED) is 0.845. The molecule has 1 aliphatic carbocycles. The molecule has 132 valence electrons. The fraction of sp³-hybridized carbons (Fsp3) is 0.550. The molecule has 0 saturated heterocycles. The molecule has 2 heterocycles. The number of benzene rings is 1. The molecule has 1 aliphatic heterocycles. The van der Waals surface area contributed by atoms with Crippen LogP contribution in [0.3, 0.4) is 0 Å². The minimum atomic E-state index is 0.204. The Hall–Kier alpha value is -2.17. The lowest BCUT2D eigenvalue weighted by molar-refractivity contribution is -0.133. The van der Waals surface area contributed by atoms with Crippen LogP contribution in [0.2, 0.25) is 0 Å². The van der Waals surface area contributed by atoms with Gasteiger partial charge >= 0.3 is 0 Å². The Morgan fingerprint density at radius 2 is 2.04 bits per heavy atom. The number of nitrogens with zero attached hydrogens (tertiary/aromatic N) is 4. The van der Waals surface area contributed by atoms with Crippen molar-refractivity contribution in [2.75, 3.05) is 6.54 Å². The summed E-state index contributed by atoms with van der Waals surface area (Å²) in [6, 6.07) is 8.66. The number of aryl methyl sites for hydroxylation is 1. The van der Waals surface area contributed by atoms with Crippen LogP contribution >= 0.6 is 0 Å². The number of carbonyl (C=O) groups excluding carboxylic acids is 1. The highest BCUT2D eigenvalue weighted by Gasteiger charge is 2.34. The summed E-state index contributed by atoms with van der Waals surface area (Å²) < 4.78 is 2.11. The summed E-state index contributed by atoms with van der Waals surface area (Å²) in [5, 5.41) is 8.34. The Morgan fingerprint density at radius 3 is 2.88 bits per heavy atom. The number of hydrogen-bond acceptors (Lipinski definition) is 3. The molecule has 2 aliphatic rings. The molecule has 0 unspecified atom stereocenters. The van der Waals surface area contributed by atoms with Crippen LogP contribution in [-0.4, -0.2) is 32.1 Å². The van der Waals surface area contributed by atoms with E-state index in [1.54, 1.807) is 0 Å². The summed E-state index contributed by atoms with van der Waals surface area (Å²) in [5.74, 6) is 2.41. The molecule has 0 bridgehead atoms. The molecule has 1 amide bonds. The maximum atomic E-state index is 12.9. The highest BCUT2D eigenvalue weighted by atomic mass is 16.2. The lowest BCUT2D eigenvalue weighted by atomic mass is 9.68. The molecule has 5 nitrogen and oxygen atoms in total. The zero-order valence-electron chi connectivity index (χ0n) is 15.3. The van der Waals surface area contributed by atoms with E-state index in [0.717, 1.165) is 37.6 Å². The summed E-state index contributed by atoms with van der Waals surface area (Å²) in [6.07, 6.45) is 2.81. The van der Waals surface area contributed by atoms with E-state index in [9.17, 15) is 4.79 Å². The number of amides is 1. The van der Waals surface area contributed by atoms with Crippen LogP contribution in [0.25, 0.3) is 0 Å². The van der Waals surface area contributed by atoms with Gasteiger partial charge in [0.25, 0.3) is 0 Å². The van der Waals surface area contributed by atoms with Gasteiger partial charge in [-0.3, -0.25) is 4.79 Å². The van der Waals surface area contributed by atoms with E-state index in [0.29, 0.717) is 18.9 Å². The van der Waals surface area contributed by atoms with Crippen LogP contribution in [0, 0.1) is 6.92 Å². The third kappa shape index (κ3) is 2.86. The van der Waals surface area contributed by atoms with Crippen molar-refractivity contribution in [3.63, 3.8) is 0 Å². The van der Waals surface area contributed by atoms with Crippen molar-refractivity contribution < 1.29 is 4.79 Å². The molecule has 1 aromatic carbocycles. The van der Waals surface area contributed by atoms with Gasteiger partial charge in [0.2, 0.25) is 5.91 Å². The maximum Gasteiger partial charge on any atom is 0.223 e. The monoisotopic (exact) mass is 338 g/mol. The Kier molecular flexibility index (Phi) is 3.89. The van der Waals surface area contributed by atoms with Gasteiger partial charge in [0.05, 0.1) is 6.54 Å². The molecule has 0 spiro atoms. The number of fused-ring (bicyclic) bond motifs is 2. The molecule has 2 aromatic rings. The van der Waals surface area contributed by atoms with Crippen LogP contribution < -0.4 is 0 Å². The summed E-state index contributed by atoms with van der Waals surface area (Å²) in [5.41, 5.74) is 2.98. The summed E-state index contributed by atoms with van der Waals surface area (Å²) in [7, 11) is 0. The minimum Gasteiger partial charge on any atom is -0.333 e. The van der Waals surface area contributed by atoms with Crippen molar-refractivity contribution in [3.05, 3.63) is 47.0 Å². The number of aromatic nitrogens is 3. The second-order valence-corrected chi connectivity index (χ2v) is 8.04. The van der Waals surface area contributed by atoms with Gasteiger partial charge in [-0.15, -0.1) is 10.2 Å². The molecular weight excluding hydrogens is 312 g/mol. The minimum absolute atomic E-state index is 0.204. The highest BCUT2D eigenvalue weighted by Crippen LogP contribution is 2.43. The molecule has 1 atom stereocenters. The van der Waals surface area contributed by atoms with Crippen LogP contribution in [0.15, 0.2) is 24.3 Å². The van der Waals surface area contributed by atoms with Gasteiger partial charge in [0.1, 0.15) is 5.82 Å². The van der Waals surface area contributed by atoms with Gasteiger partial charge in [-0.2, -0.15) is 0 Å². The van der Waals surface area contributed by atoms with Crippen LogP contribution in [0.5, 0.6) is 0 Å². The van der Waals surface area contributed by atoms with Crippen molar-refractivity contribution >= 4 is 5.91 Å². The molecule has 0 saturated carbocycles.